The largest absolute Gasteiger partial charge is 0.293 e. The van der Waals surface area contributed by atoms with Crippen LogP contribution in [-0.4, -0.2) is 5.78 Å². The van der Waals surface area contributed by atoms with Gasteiger partial charge in [0.25, 0.3) is 0 Å². The van der Waals surface area contributed by atoms with Crippen molar-refractivity contribution in [2.24, 2.45) is 5.92 Å². The van der Waals surface area contributed by atoms with Gasteiger partial charge in [0.1, 0.15) is 0 Å². The summed E-state index contributed by atoms with van der Waals surface area (Å²) in [5, 5.41) is 0. The molecule has 0 aliphatic heterocycles. The molecule has 16 heavy (non-hydrogen) atoms. The molecule has 0 amide bonds. The Morgan fingerprint density at radius 2 is 1.94 bits per heavy atom. The number of ketones is 1. The van der Waals surface area contributed by atoms with Gasteiger partial charge in [0, 0.05) is 5.92 Å². The van der Waals surface area contributed by atoms with Crippen molar-refractivity contribution in [3.8, 4) is 0 Å². The van der Waals surface area contributed by atoms with Crippen LogP contribution in [-0.2, 0) is 0 Å². The molecule has 1 aromatic heterocycles. The Hall–Kier alpha value is -0.150. The summed E-state index contributed by atoms with van der Waals surface area (Å²) in [6.45, 7) is 6.32. The van der Waals surface area contributed by atoms with Gasteiger partial charge in [0.2, 0.25) is 0 Å². The summed E-state index contributed by atoms with van der Waals surface area (Å²) in [6, 6.07) is 2.01. The van der Waals surface area contributed by atoms with Crippen LogP contribution in [0.2, 0.25) is 0 Å². The van der Waals surface area contributed by atoms with E-state index >= 15 is 0 Å². The highest BCUT2D eigenvalue weighted by atomic mass is 79.9. The lowest BCUT2D eigenvalue weighted by Crippen LogP contribution is -2.13. The van der Waals surface area contributed by atoms with Crippen LogP contribution < -0.4 is 0 Å². The maximum atomic E-state index is 12.3. The molecule has 0 radical (unpaired) electrons. The summed E-state index contributed by atoms with van der Waals surface area (Å²) in [7, 11) is 0. The number of thiophene rings is 1. The van der Waals surface area contributed by atoms with Crippen LogP contribution in [0.15, 0.2) is 9.85 Å². The molecule has 0 unspecified atom stereocenters. The Morgan fingerprint density at radius 1 is 1.38 bits per heavy atom. The van der Waals surface area contributed by atoms with E-state index in [1.807, 2.05) is 13.0 Å². The summed E-state index contributed by atoms with van der Waals surface area (Å²) in [4.78, 5) is 13.2. The minimum absolute atomic E-state index is 0.222. The summed E-state index contributed by atoms with van der Waals surface area (Å²) >= 11 is 5.05. The van der Waals surface area contributed by atoms with Gasteiger partial charge >= 0.3 is 0 Å². The van der Waals surface area contributed by atoms with Crippen LogP contribution in [0.1, 0.15) is 54.8 Å². The SMILES string of the molecule is CCCC(CCC)C(=O)c1cc(C)c(Br)s1. The molecule has 3 heteroatoms. The van der Waals surface area contributed by atoms with Crippen LogP contribution >= 0.6 is 27.3 Å². The Morgan fingerprint density at radius 3 is 2.31 bits per heavy atom. The van der Waals surface area contributed by atoms with Gasteiger partial charge in [-0.15, -0.1) is 11.3 Å². The molecule has 0 spiro atoms. The zero-order valence-corrected chi connectivity index (χ0v) is 12.6. The first-order chi connectivity index (χ1) is 7.60. The highest BCUT2D eigenvalue weighted by Gasteiger charge is 2.20. The van der Waals surface area contributed by atoms with Gasteiger partial charge in [-0.25, -0.2) is 0 Å². The second-order valence-corrected chi connectivity index (χ2v) is 6.58. The third-order valence-corrected chi connectivity index (χ3v) is 4.90. The summed E-state index contributed by atoms with van der Waals surface area (Å²) in [6.07, 6.45) is 4.20. The Bertz CT molecular complexity index is 331. The van der Waals surface area contributed by atoms with Gasteiger partial charge in [0.15, 0.2) is 5.78 Å². The summed E-state index contributed by atoms with van der Waals surface area (Å²) in [5.41, 5.74) is 1.17. The molecule has 0 aliphatic carbocycles. The van der Waals surface area contributed by atoms with Gasteiger partial charge < -0.3 is 0 Å². The maximum absolute atomic E-state index is 12.3. The van der Waals surface area contributed by atoms with Gasteiger partial charge in [0.05, 0.1) is 8.66 Å². The fraction of sp³-hybridized carbons (Fsp3) is 0.615. The smallest absolute Gasteiger partial charge is 0.175 e. The number of carbonyl (C=O) groups is 1. The van der Waals surface area contributed by atoms with Gasteiger partial charge in [-0.1, -0.05) is 26.7 Å². The molecule has 0 aliphatic rings. The van der Waals surface area contributed by atoms with E-state index in [0.717, 1.165) is 34.3 Å². The van der Waals surface area contributed by atoms with Crippen LogP contribution in [0.4, 0.5) is 0 Å². The lowest BCUT2D eigenvalue weighted by molar-refractivity contribution is 0.0909. The van der Waals surface area contributed by atoms with Crippen molar-refractivity contribution < 1.29 is 4.79 Å². The van der Waals surface area contributed by atoms with E-state index in [1.165, 1.54) is 5.56 Å². The third kappa shape index (κ3) is 3.42. The lowest BCUT2D eigenvalue weighted by atomic mass is 9.93. The first-order valence-electron chi connectivity index (χ1n) is 5.90. The predicted molar refractivity (Wildman–Crippen MR) is 74.4 cm³/mol. The first kappa shape index (κ1) is 13.9. The molecular formula is C13H19BrOS. The molecule has 1 heterocycles. The van der Waals surface area contributed by atoms with E-state index in [2.05, 4.69) is 29.8 Å². The zero-order valence-electron chi connectivity index (χ0n) is 10.2. The number of halogens is 1. The van der Waals surface area contributed by atoms with Crippen molar-refractivity contribution in [3.05, 3.63) is 20.3 Å². The van der Waals surface area contributed by atoms with Crippen LogP contribution in [0.3, 0.4) is 0 Å². The van der Waals surface area contributed by atoms with Crippen LogP contribution in [0.25, 0.3) is 0 Å². The molecule has 0 saturated heterocycles. The molecule has 0 bridgehead atoms. The highest BCUT2D eigenvalue weighted by molar-refractivity contribution is 9.11. The van der Waals surface area contributed by atoms with Crippen molar-refractivity contribution in [2.45, 2.75) is 46.5 Å². The van der Waals surface area contributed by atoms with E-state index < -0.39 is 0 Å². The summed E-state index contributed by atoms with van der Waals surface area (Å²) < 4.78 is 1.09. The average molecular weight is 303 g/mol. The van der Waals surface area contributed by atoms with E-state index in [9.17, 15) is 4.79 Å². The maximum Gasteiger partial charge on any atom is 0.175 e. The molecule has 0 atom stereocenters. The molecular weight excluding hydrogens is 284 g/mol. The fourth-order valence-electron chi connectivity index (χ4n) is 1.89. The standard InChI is InChI=1S/C13H19BrOS/c1-4-6-10(7-5-2)12(15)11-8-9(3)13(14)16-11/h8,10H,4-7H2,1-3H3. The van der Waals surface area contributed by atoms with Crippen LogP contribution in [0, 0.1) is 12.8 Å². The molecule has 0 saturated carbocycles. The Balaban J connectivity index is 2.81. The molecule has 0 fully saturated rings. The summed E-state index contributed by atoms with van der Waals surface area (Å²) in [5.74, 6) is 0.558. The number of carbonyl (C=O) groups excluding carboxylic acids is 1. The number of Topliss-reactive ketones (excluding diaryl/α,β-unsaturated/α-hetero) is 1. The van der Waals surface area contributed by atoms with Crippen LogP contribution in [0.5, 0.6) is 0 Å². The van der Waals surface area contributed by atoms with Crippen molar-refractivity contribution in [2.75, 3.05) is 0 Å². The second kappa shape index (κ2) is 6.55. The minimum Gasteiger partial charge on any atom is -0.293 e. The third-order valence-electron chi connectivity index (χ3n) is 2.75. The van der Waals surface area contributed by atoms with E-state index in [4.69, 9.17) is 0 Å². The van der Waals surface area contributed by atoms with Gasteiger partial charge in [-0.05, 0) is 47.3 Å². The molecule has 90 valence electrons. The molecule has 1 aromatic rings. The van der Waals surface area contributed by atoms with Crippen molar-refractivity contribution in [1.82, 2.24) is 0 Å². The molecule has 1 nitrogen and oxygen atoms in total. The normalized spacial score (nSPS) is 11.1. The topological polar surface area (TPSA) is 17.1 Å². The lowest BCUT2D eigenvalue weighted by Gasteiger charge is -2.12. The van der Waals surface area contributed by atoms with Crippen molar-refractivity contribution in [3.63, 3.8) is 0 Å². The minimum atomic E-state index is 0.222. The number of rotatable bonds is 6. The van der Waals surface area contributed by atoms with E-state index in [0.29, 0.717) is 5.78 Å². The number of aryl methyl sites for hydroxylation is 1. The van der Waals surface area contributed by atoms with Crippen molar-refractivity contribution in [1.29, 1.82) is 0 Å². The highest BCUT2D eigenvalue weighted by Crippen LogP contribution is 2.30. The Kier molecular flexibility index (Phi) is 5.70. The second-order valence-electron chi connectivity index (χ2n) is 4.21. The molecule has 0 N–H and O–H groups in total. The monoisotopic (exact) mass is 302 g/mol. The first-order valence-corrected chi connectivity index (χ1v) is 7.51. The number of hydrogen-bond acceptors (Lipinski definition) is 2. The number of hydrogen-bond donors (Lipinski definition) is 0. The van der Waals surface area contributed by atoms with Gasteiger partial charge in [-0.2, -0.15) is 0 Å². The predicted octanol–water partition coefficient (Wildman–Crippen LogP) is 5.22. The van der Waals surface area contributed by atoms with E-state index in [1.54, 1.807) is 11.3 Å². The molecule has 0 aromatic carbocycles. The van der Waals surface area contributed by atoms with E-state index in [-0.39, 0.29) is 5.92 Å². The van der Waals surface area contributed by atoms with Crippen molar-refractivity contribution >= 4 is 33.0 Å². The average Bonchev–Trinajstić information content (AvgIpc) is 2.58. The molecule has 1 rings (SSSR count). The van der Waals surface area contributed by atoms with Gasteiger partial charge in [-0.3, -0.25) is 4.79 Å². The quantitative estimate of drug-likeness (QED) is 0.659. The zero-order chi connectivity index (χ0) is 12.1. The fourth-order valence-corrected chi connectivity index (χ4v) is 3.44. The Labute approximate surface area is 110 Å².